The number of benzene rings is 2. The van der Waals surface area contributed by atoms with Crippen molar-refractivity contribution in [2.45, 2.75) is 25.8 Å². The molecule has 0 fully saturated rings. The van der Waals surface area contributed by atoms with Crippen molar-refractivity contribution < 1.29 is 8.42 Å². The molecule has 0 heterocycles. The number of aryl methyl sites for hydroxylation is 1. The van der Waals surface area contributed by atoms with E-state index in [-0.39, 0.29) is 5.75 Å². The average molecular weight is 389 g/mol. The highest BCUT2D eigenvalue weighted by molar-refractivity contribution is 7.88. The van der Waals surface area contributed by atoms with Crippen molar-refractivity contribution in [3.05, 3.63) is 70.8 Å². The molecule has 2 N–H and O–H groups in total. The number of sulfonamides is 1. The SMILES string of the molecule is CN=C(NCc1ccc(CS(=O)(=O)NC)cc1)N(C)Cc1ccccc1C. The summed E-state index contributed by atoms with van der Waals surface area (Å²) < 4.78 is 25.6. The Labute approximate surface area is 162 Å². The van der Waals surface area contributed by atoms with Crippen molar-refractivity contribution in [1.82, 2.24) is 14.9 Å². The van der Waals surface area contributed by atoms with Crippen LogP contribution in [0.3, 0.4) is 0 Å². The highest BCUT2D eigenvalue weighted by Gasteiger charge is 2.10. The van der Waals surface area contributed by atoms with Crippen LogP contribution in [0.4, 0.5) is 0 Å². The molecule has 2 rings (SSSR count). The van der Waals surface area contributed by atoms with Crippen LogP contribution in [0, 0.1) is 6.92 Å². The van der Waals surface area contributed by atoms with E-state index < -0.39 is 10.0 Å². The van der Waals surface area contributed by atoms with Gasteiger partial charge in [-0.3, -0.25) is 4.99 Å². The van der Waals surface area contributed by atoms with Crippen molar-refractivity contribution in [1.29, 1.82) is 0 Å². The maximum absolute atomic E-state index is 11.6. The molecule has 0 bridgehead atoms. The lowest BCUT2D eigenvalue weighted by Gasteiger charge is -2.23. The van der Waals surface area contributed by atoms with Crippen LogP contribution < -0.4 is 10.0 Å². The summed E-state index contributed by atoms with van der Waals surface area (Å²) in [4.78, 5) is 6.43. The normalized spacial score (nSPS) is 12.1. The predicted molar refractivity (Wildman–Crippen MR) is 111 cm³/mol. The third kappa shape index (κ3) is 6.37. The van der Waals surface area contributed by atoms with Crippen molar-refractivity contribution in [2.24, 2.45) is 4.99 Å². The minimum Gasteiger partial charge on any atom is -0.352 e. The van der Waals surface area contributed by atoms with Gasteiger partial charge in [-0.1, -0.05) is 48.5 Å². The van der Waals surface area contributed by atoms with Gasteiger partial charge in [0, 0.05) is 27.2 Å². The lowest BCUT2D eigenvalue weighted by atomic mass is 10.1. The molecule has 0 unspecified atom stereocenters. The third-order valence-corrected chi connectivity index (χ3v) is 5.72. The zero-order valence-corrected chi connectivity index (χ0v) is 17.2. The largest absolute Gasteiger partial charge is 0.352 e. The number of aliphatic imine (C=N–C) groups is 1. The molecule has 6 nitrogen and oxygen atoms in total. The van der Waals surface area contributed by atoms with Crippen molar-refractivity contribution >= 4 is 16.0 Å². The van der Waals surface area contributed by atoms with Crippen LogP contribution in [-0.2, 0) is 28.9 Å². The van der Waals surface area contributed by atoms with Crippen LogP contribution in [-0.4, -0.2) is 40.4 Å². The molecule has 0 saturated heterocycles. The zero-order chi connectivity index (χ0) is 19.9. The molecule has 0 saturated carbocycles. The maximum Gasteiger partial charge on any atom is 0.215 e. The molecule has 2 aromatic carbocycles. The second-order valence-corrected chi connectivity index (χ2v) is 8.39. The van der Waals surface area contributed by atoms with Gasteiger partial charge in [-0.15, -0.1) is 0 Å². The van der Waals surface area contributed by atoms with E-state index in [1.54, 1.807) is 7.05 Å². The monoisotopic (exact) mass is 388 g/mol. The average Bonchev–Trinajstić information content (AvgIpc) is 2.65. The first-order valence-electron chi connectivity index (χ1n) is 8.80. The number of hydrogen-bond acceptors (Lipinski definition) is 3. The topological polar surface area (TPSA) is 73.8 Å². The Morgan fingerprint density at radius 2 is 1.70 bits per heavy atom. The van der Waals surface area contributed by atoms with Crippen LogP contribution in [0.5, 0.6) is 0 Å². The first-order chi connectivity index (χ1) is 12.8. The van der Waals surface area contributed by atoms with Gasteiger partial charge in [-0.2, -0.15) is 0 Å². The van der Waals surface area contributed by atoms with E-state index in [0.29, 0.717) is 6.54 Å². The van der Waals surface area contributed by atoms with Gasteiger partial charge in [-0.05, 0) is 36.2 Å². The lowest BCUT2D eigenvalue weighted by molar-refractivity contribution is 0.475. The quantitative estimate of drug-likeness (QED) is 0.564. The molecule has 2 aromatic rings. The van der Waals surface area contributed by atoms with E-state index in [1.807, 2.05) is 43.4 Å². The van der Waals surface area contributed by atoms with Gasteiger partial charge in [0.05, 0.1) is 5.75 Å². The molecule has 0 aromatic heterocycles. The summed E-state index contributed by atoms with van der Waals surface area (Å²) in [5.74, 6) is 0.790. The van der Waals surface area contributed by atoms with Crippen molar-refractivity contribution in [3.8, 4) is 0 Å². The number of hydrogen-bond donors (Lipinski definition) is 2. The number of nitrogens with zero attached hydrogens (tertiary/aromatic N) is 2. The van der Waals surface area contributed by atoms with Gasteiger partial charge in [-0.25, -0.2) is 13.1 Å². The smallest absolute Gasteiger partial charge is 0.215 e. The van der Waals surface area contributed by atoms with Gasteiger partial charge in [0.2, 0.25) is 10.0 Å². The van der Waals surface area contributed by atoms with Crippen LogP contribution in [0.15, 0.2) is 53.5 Å². The van der Waals surface area contributed by atoms with Crippen LogP contribution in [0.25, 0.3) is 0 Å². The Morgan fingerprint density at radius 3 is 2.30 bits per heavy atom. The molecule has 27 heavy (non-hydrogen) atoms. The summed E-state index contributed by atoms with van der Waals surface area (Å²) in [6, 6.07) is 15.9. The molecule has 146 valence electrons. The fraction of sp³-hybridized carbons (Fsp3) is 0.350. The van der Waals surface area contributed by atoms with Gasteiger partial charge >= 0.3 is 0 Å². The third-order valence-electron chi connectivity index (χ3n) is 4.38. The Morgan fingerprint density at radius 1 is 1.07 bits per heavy atom. The van der Waals surface area contributed by atoms with Gasteiger partial charge in [0.15, 0.2) is 5.96 Å². The summed E-state index contributed by atoms with van der Waals surface area (Å²) >= 11 is 0. The molecule has 0 radical (unpaired) electrons. The molecule has 0 aliphatic rings. The summed E-state index contributed by atoms with van der Waals surface area (Å²) in [5, 5.41) is 3.35. The van der Waals surface area contributed by atoms with E-state index >= 15 is 0 Å². The van der Waals surface area contributed by atoms with Crippen LogP contribution in [0.2, 0.25) is 0 Å². The van der Waals surface area contributed by atoms with Crippen molar-refractivity contribution in [3.63, 3.8) is 0 Å². The molecular weight excluding hydrogens is 360 g/mol. The Bertz CT molecular complexity index is 877. The molecule has 0 aliphatic heterocycles. The molecule has 0 amide bonds. The number of nitrogens with one attached hydrogen (secondary N) is 2. The molecule has 0 atom stereocenters. The van der Waals surface area contributed by atoms with Crippen LogP contribution in [0.1, 0.15) is 22.3 Å². The molecule has 0 aliphatic carbocycles. The molecule has 7 heteroatoms. The van der Waals surface area contributed by atoms with Gasteiger partial charge < -0.3 is 10.2 Å². The number of guanidine groups is 1. The minimum atomic E-state index is -3.25. The highest BCUT2D eigenvalue weighted by Crippen LogP contribution is 2.10. The summed E-state index contributed by atoms with van der Waals surface area (Å²) in [6.07, 6.45) is 0. The van der Waals surface area contributed by atoms with E-state index in [1.165, 1.54) is 18.2 Å². The van der Waals surface area contributed by atoms with Crippen LogP contribution >= 0.6 is 0 Å². The van der Waals surface area contributed by atoms with Crippen molar-refractivity contribution in [2.75, 3.05) is 21.1 Å². The van der Waals surface area contributed by atoms with Gasteiger partial charge in [0.25, 0.3) is 0 Å². The second kappa shape index (κ2) is 9.53. The first-order valence-corrected chi connectivity index (χ1v) is 10.4. The summed E-state index contributed by atoms with van der Waals surface area (Å²) in [7, 11) is 1.95. The Hall–Kier alpha value is -2.38. The van der Waals surface area contributed by atoms with E-state index in [2.05, 4.69) is 39.0 Å². The zero-order valence-electron chi connectivity index (χ0n) is 16.4. The molecule has 0 spiro atoms. The fourth-order valence-corrected chi connectivity index (χ4v) is 3.50. The van der Waals surface area contributed by atoms with E-state index in [9.17, 15) is 8.42 Å². The lowest BCUT2D eigenvalue weighted by Crippen LogP contribution is -2.38. The Balaban J connectivity index is 1.94. The minimum absolute atomic E-state index is 0.0158. The second-order valence-electron chi connectivity index (χ2n) is 6.46. The predicted octanol–water partition coefficient (Wildman–Crippen LogP) is 2.25. The fourth-order valence-electron chi connectivity index (χ4n) is 2.73. The summed E-state index contributed by atoms with van der Waals surface area (Å²) in [6.45, 7) is 3.49. The van der Waals surface area contributed by atoms with E-state index in [4.69, 9.17) is 0 Å². The Kier molecular flexibility index (Phi) is 7.38. The first kappa shape index (κ1) is 20.9. The maximum atomic E-state index is 11.6. The molecular formula is C20H28N4O2S. The van der Waals surface area contributed by atoms with Gasteiger partial charge in [0.1, 0.15) is 0 Å². The van der Waals surface area contributed by atoms with E-state index in [0.717, 1.165) is 23.6 Å². The standard InChI is InChI=1S/C20H28N4O2S/c1-16-7-5-6-8-19(16)14-24(4)20(21-2)23-13-17-9-11-18(12-10-17)15-27(25,26)22-3/h5-12,22H,13-15H2,1-4H3,(H,21,23). The highest BCUT2D eigenvalue weighted by atomic mass is 32.2. The summed E-state index contributed by atoms with van der Waals surface area (Å²) in [5.41, 5.74) is 4.34. The number of rotatable bonds is 7.